The van der Waals surface area contributed by atoms with Crippen LogP contribution < -0.4 is 10.1 Å². The molecule has 0 aliphatic carbocycles. The van der Waals surface area contributed by atoms with Crippen molar-refractivity contribution in [2.75, 3.05) is 14.2 Å². The summed E-state index contributed by atoms with van der Waals surface area (Å²) in [6, 6.07) is 12.6. The molecule has 0 spiro atoms. The number of pyridine rings is 1. The number of rotatable bonds is 6. The van der Waals surface area contributed by atoms with Gasteiger partial charge in [-0.1, -0.05) is 36.4 Å². The number of carbonyl (C=O) groups is 1. The molecule has 1 N–H and O–H groups in total. The standard InChI is InChI=1S/C16H18N2O3/c1-20-15-13(9-6-10-17-15)11-18-14(16(19)21-2)12-7-4-3-5-8-12/h3-10,14,18H,11H2,1-2H3. The largest absolute Gasteiger partial charge is 0.481 e. The second kappa shape index (κ2) is 7.40. The summed E-state index contributed by atoms with van der Waals surface area (Å²) >= 11 is 0. The van der Waals surface area contributed by atoms with E-state index in [1.807, 2.05) is 42.5 Å². The minimum absolute atomic E-state index is 0.330. The number of aromatic nitrogens is 1. The van der Waals surface area contributed by atoms with Gasteiger partial charge in [0.15, 0.2) is 0 Å². The van der Waals surface area contributed by atoms with Gasteiger partial charge in [-0.25, -0.2) is 9.78 Å². The van der Waals surface area contributed by atoms with Crippen LogP contribution >= 0.6 is 0 Å². The average molecular weight is 286 g/mol. The Labute approximate surface area is 123 Å². The zero-order valence-electron chi connectivity index (χ0n) is 12.1. The Bertz CT molecular complexity index is 587. The fourth-order valence-corrected chi connectivity index (χ4v) is 2.06. The Morgan fingerprint density at radius 3 is 2.62 bits per heavy atom. The molecule has 1 aromatic carbocycles. The Morgan fingerprint density at radius 1 is 1.19 bits per heavy atom. The van der Waals surface area contributed by atoms with Crippen molar-refractivity contribution in [2.45, 2.75) is 12.6 Å². The van der Waals surface area contributed by atoms with Crippen LogP contribution in [0, 0.1) is 0 Å². The zero-order chi connectivity index (χ0) is 15.1. The van der Waals surface area contributed by atoms with Gasteiger partial charge in [-0.3, -0.25) is 5.32 Å². The van der Waals surface area contributed by atoms with Gasteiger partial charge < -0.3 is 9.47 Å². The lowest BCUT2D eigenvalue weighted by Crippen LogP contribution is -2.29. The Hall–Kier alpha value is -2.40. The van der Waals surface area contributed by atoms with E-state index in [0.717, 1.165) is 11.1 Å². The number of hydrogen-bond acceptors (Lipinski definition) is 5. The molecule has 0 amide bonds. The highest BCUT2D eigenvalue weighted by atomic mass is 16.5. The van der Waals surface area contributed by atoms with Gasteiger partial charge in [-0.05, 0) is 11.6 Å². The maximum Gasteiger partial charge on any atom is 0.327 e. The molecule has 1 atom stereocenters. The van der Waals surface area contributed by atoms with Crippen molar-refractivity contribution in [3.05, 3.63) is 59.8 Å². The normalized spacial score (nSPS) is 11.7. The Morgan fingerprint density at radius 2 is 1.95 bits per heavy atom. The van der Waals surface area contributed by atoms with Crippen molar-refractivity contribution >= 4 is 5.97 Å². The van der Waals surface area contributed by atoms with Crippen LogP contribution in [0.2, 0.25) is 0 Å². The summed E-state index contributed by atoms with van der Waals surface area (Å²) in [4.78, 5) is 16.1. The molecule has 0 fully saturated rings. The first-order valence-electron chi connectivity index (χ1n) is 6.60. The fraction of sp³-hybridized carbons (Fsp3) is 0.250. The number of methoxy groups -OCH3 is 2. The van der Waals surface area contributed by atoms with Crippen LogP contribution in [0.15, 0.2) is 48.7 Å². The topological polar surface area (TPSA) is 60.5 Å². The Kier molecular flexibility index (Phi) is 5.29. The molecule has 1 aromatic heterocycles. The van der Waals surface area contributed by atoms with Crippen LogP contribution in [-0.4, -0.2) is 25.2 Å². The molecule has 0 saturated heterocycles. The van der Waals surface area contributed by atoms with Crippen LogP contribution in [-0.2, 0) is 16.1 Å². The molecule has 0 aliphatic rings. The smallest absolute Gasteiger partial charge is 0.327 e. The zero-order valence-corrected chi connectivity index (χ0v) is 12.1. The third kappa shape index (κ3) is 3.79. The SMILES string of the molecule is COC(=O)C(NCc1cccnc1OC)c1ccccc1. The van der Waals surface area contributed by atoms with Crippen LogP contribution in [0.1, 0.15) is 17.2 Å². The number of benzene rings is 1. The van der Waals surface area contributed by atoms with E-state index < -0.39 is 6.04 Å². The maximum atomic E-state index is 12.0. The molecular weight excluding hydrogens is 268 g/mol. The van der Waals surface area contributed by atoms with Crippen molar-refractivity contribution < 1.29 is 14.3 Å². The van der Waals surface area contributed by atoms with Crippen LogP contribution in [0.3, 0.4) is 0 Å². The lowest BCUT2D eigenvalue weighted by molar-refractivity contribution is -0.143. The fourth-order valence-electron chi connectivity index (χ4n) is 2.06. The van der Waals surface area contributed by atoms with E-state index >= 15 is 0 Å². The number of nitrogens with one attached hydrogen (secondary N) is 1. The summed E-state index contributed by atoms with van der Waals surface area (Å²) in [6.07, 6.45) is 1.66. The van der Waals surface area contributed by atoms with Crippen LogP contribution in [0.25, 0.3) is 0 Å². The van der Waals surface area contributed by atoms with Crippen molar-refractivity contribution in [3.63, 3.8) is 0 Å². The molecule has 0 aliphatic heterocycles. The lowest BCUT2D eigenvalue weighted by atomic mass is 10.1. The van der Waals surface area contributed by atoms with E-state index in [2.05, 4.69) is 10.3 Å². The molecule has 0 radical (unpaired) electrons. The van der Waals surface area contributed by atoms with E-state index in [1.54, 1.807) is 13.3 Å². The lowest BCUT2D eigenvalue weighted by Gasteiger charge is -2.17. The van der Waals surface area contributed by atoms with Crippen LogP contribution in [0.4, 0.5) is 0 Å². The quantitative estimate of drug-likeness (QED) is 0.824. The van der Waals surface area contributed by atoms with Gasteiger partial charge in [0, 0.05) is 18.3 Å². The van der Waals surface area contributed by atoms with E-state index in [4.69, 9.17) is 9.47 Å². The molecule has 0 saturated carbocycles. The predicted octanol–water partition coefficient (Wildman–Crippen LogP) is 2.09. The maximum absolute atomic E-state index is 12.0. The summed E-state index contributed by atoms with van der Waals surface area (Å²) in [5.74, 6) is 0.214. The summed E-state index contributed by atoms with van der Waals surface area (Å²) < 4.78 is 10.1. The third-order valence-corrected chi connectivity index (χ3v) is 3.11. The van der Waals surface area contributed by atoms with E-state index in [9.17, 15) is 4.79 Å². The van der Waals surface area contributed by atoms with E-state index in [-0.39, 0.29) is 5.97 Å². The molecule has 110 valence electrons. The van der Waals surface area contributed by atoms with Gasteiger partial charge in [0.05, 0.1) is 14.2 Å². The first kappa shape index (κ1) is 15.0. The molecule has 5 nitrogen and oxygen atoms in total. The van der Waals surface area contributed by atoms with Gasteiger partial charge in [0.1, 0.15) is 6.04 Å². The number of carbonyl (C=O) groups excluding carboxylic acids is 1. The highest BCUT2D eigenvalue weighted by molar-refractivity contribution is 5.77. The number of ether oxygens (including phenoxy) is 2. The number of nitrogens with zero attached hydrogens (tertiary/aromatic N) is 1. The second-order valence-electron chi connectivity index (χ2n) is 4.42. The minimum atomic E-state index is -0.527. The predicted molar refractivity (Wildman–Crippen MR) is 78.8 cm³/mol. The molecule has 0 bridgehead atoms. The van der Waals surface area contributed by atoms with Crippen molar-refractivity contribution in [1.82, 2.24) is 10.3 Å². The van der Waals surface area contributed by atoms with Crippen molar-refractivity contribution in [2.24, 2.45) is 0 Å². The van der Waals surface area contributed by atoms with Gasteiger partial charge >= 0.3 is 5.97 Å². The van der Waals surface area contributed by atoms with E-state index in [1.165, 1.54) is 7.11 Å². The Balaban J connectivity index is 2.15. The van der Waals surface area contributed by atoms with Crippen LogP contribution in [0.5, 0.6) is 5.88 Å². The highest BCUT2D eigenvalue weighted by Gasteiger charge is 2.21. The van der Waals surface area contributed by atoms with Crippen molar-refractivity contribution in [1.29, 1.82) is 0 Å². The van der Waals surface area contributed by atoms with Gasteiger partial charge in [0.2, 0.25) is 5.88 Å². The average Bonchev–Trinajstić information content (AvgIpc) is 2.56. The summed E-state index contributed by atoms with van der Waals surface area (Å²) in [7, 11) is 2.95. The number of hydrogen-bond donors (Lipinski definition) is 1. The number of esters is 1. The molecule has 2 aromatic rings. The first-order chi connectivity index (χ1) is 10.3. The molecule has 21 heavy (non-hydrogen) atoms. The van der Waals surface area contributed by atoms with Crippen molar-refractivity contribution in [3.8, 4) is 5.88 Å². The van der Waals surface area contributed by atoms with Gasteiger partial charge in [0.25, 0.3) is 0 Å². The summed E-state index contributed by atoms with van der Waals surface area (Å²) in [6.45, 7) is 0.450. The summed E-state index contributed by atoms with van der Waals surface area (Å²) in [5, 5.41) is 3.18. The van der Waals surface area contributed by atoms with E-state index in [0.29, 0.717) is 12.4 Å². The molecular formula is C16H18N2O3. The third-order valence-electron chi connectivity index (χ3n) is 3.11. The van der Waals surface area contributed by atoms with Gasteiger partial charge in [-0.2, -0.15) is 0 Å². The monoisotopic (exact) mass is 286 g/mol. The summed E-state index contributed by atoms with van der Waals surface area (Å²) in [5.41, 5.74) is 1.73. The second-order valence-corrected chi connectivity index (χ2v) is 4.42. The minimum Gasteiger partial charge on any atom is -0.481 e. The first-order valence-corrected chi connectivity index (χ1v) is 6.60. The molecule has 2 rings (SSSR count). The molecule has 1 heterocycles. The highest BCUT2D eigenvalue weighted by Crippen LogP contribution is 2.18. The van der Waals surface area contributed by atoms with Gasteiger partial charge in [-0.15, -0.1) is 0 Å². The molecule has 5 heteroatoms. The molecule has 1 unspecified atom stereocenters.